The van der Waals surface area contributed by atoms with Gasteiger partial charge in [-0.15, -0.1) is 0 Å². The molecule has 10 heteroatoms. The first-order valence-electron chi connectivity index (χ1n) is 11.1. The quantitative estimate of drug-likeness (QED) is 0.622. The maximum atomic E-state index is 13.6. The minimum atomic E-state index is -0.682. The minimum absolute atomic E-state index is 0.0851. The summed E-state index contributed by atoms with van der Waals surface area (Å²) in [6, 6.07) is 10.6. The summed E-state index contributed by atoms with van der Waals surface area (Å²) in [5.41, 5.74) is 7.78. The average Bonchev–Trinajstić information content (AvgIpc) is 3.26. The van der Waals surface area contributed by atoms with Crippen molar-refractivity contribution in [1.29, 1.82) is 0 Å². The van der Waals surface area contributed by atoms with Gasteiger partial charge in [-0.1, -0.05) is 0 Å². The molecule has 0 aliphatic carbocycles. The van der Waals surface area contributed by atoms with Crippen molar-refractivity contribution in [3.8, 4) is 11.4 Å². The second-order valence-electron chi connectivity index (χ2n) is 8.23. The van der Waals surface area contributed by atoms with Crippen LogP contribution in [0.5, 0.6) is 5.75 Å². The fourth-order valence-corrected chi connectivity index (χ4v) is 4.46. The first-order chi connectivity index (χ1) is 16.5. The Bertz CT molecular complexity index is 1270. The molecule has 0 spiro atoms. The number of pyridine rings is 1. The normalized spacial score (nSPS) is 15.9. The molecule has 0 atom stereocenters. The molecular formula is C24H24N6O4. The van der Waals surface area contributed by atoms with Gasteiger partial charge in [0, 0.05) is 25.1 Å². The van der Waals surface area contributed by atoms with Gasteiger partial charge in [0.2, 0.25) is 5.91 Å². The molecule has 3 amide bonds. The Morgan fingerprint density at radius 3 is 2.38 bits per heavy atom. The number of nitrogens with two attached hydrogens (primary N) is 1. The Kier molecular flexibility index (Phi) is 5.48. The Morgan fingerprint density at radius 2 is 1.74 bits per heavy atom. The lowest BCUT2D eigenvalue weighted by atomic mass is 10.0. The lowest BCUT2D eigenvalue weighted by molar-refractivity contribution is -0.119. The van der Waals surface area contributed by atoms with Crippen LogP contribution in [-0.4, -0.2) is 52.7 Å². The second-order valence-corrected chi connectivity index (χ2v) is 8.23. The Hall–Kier alpha value is -4.21. The van der Waals surface area contributed by atoms with E-state index in [2.05, 4.69) is 10.1 Å². The van der Waals surface area contributed by atoms with Crippen LogP contribution in [0.15, 0.2) is 42.6 Å². The van der Waals surface area contributed by atoms with Gasteiger partial charge in [-0.3, -0.25) is 19.3 Å². The smallest absolute Gasteiger partial charge is 0.278 e. The van der Waals surface area contributed by atoms with Crippen molar-refractivity contribution in [2.24, 2.45) is 5.73 Å². The summed E-state index contributed by atoms with van der Waals surface area (Å²) in [7, 11) is 1.57. The highest BCUT2D eigenvalue weighted by Crippen LogP contribution is 2.29. The largest absolute Gasteiger partial charge is 0.497 e. The summed E-state index contributed by atoms with van der Waals surface area (Å²) in [5.74, 6) is 0.197. The Labute approximate surface area is 195 Å². The van der Waals surface area contributed by atoms with E-state index in [4.69, 9.17) is 10.5 Å². The van der Waals surface area contributed by atoms with Gasteiger partial charge in [-0.25, -0.2) is 9.67 Å². The first kappa shape index (κ1) is 21.6. The van der Waals surface area contributed by atoms with Crippen LogP contribution in [0.25, 0.3) is 5.69 Å². The fraction of sp³-hybridized carbons (Fsp3) is 0.292. The van der Waals surface area contributed by atoms with Crippen LogP contribution in [0.4, 0.5) is 11.5 Å². The third kappa shape index (κ3) is 3.66. The number of carbonyl (C=O) groups excluding carboxylic acids is 3. The maximum Gasteiger partial charge on any atom is 0.278 e. The number of primary amides is 1. The van der Waals surface area contributed by atoms with E-state index in [1.54, 1.807) is 53.4 Å². The molecule has 174 valence electrons. The number of methoxy groups -OCH3 is 1. The van der Waals surface area contributed by atoms with E-state index >= 15 is 0 Å². The highest BCUT2D eigenvalue weighted by Gasteiger charge is 2.35. The van der Waals surface area contributed by atoms with E-state index in [1.807, 2.05) is 6.07 Å². The van der Waals surface area contributed by atoms with Gasteiger partial charge in [-0.05, 0) is 55.7 Å². The van der Waals surface area contributed by atoms with E-state index in [-0.39, 0.29) is 23.2 Å². The van der Waals surface area contributed by atoms with E-state index in [1.165, 1.54) is 4.68 Å². The van der Waals surface area contributed by atoms with E-state index < -0.39 is 5.91 Å². The van der Waals surface area contributed by atoms with Crippen LogP contribution in [0.1, 0.15) is 45.8 Å². The predicted molar refractivity (Wildman–Crippen MR) is 124 cm³/mol. The molecule has 3 aromatic rings. The van der Waals surface area contributed by atoms with Crippen LogP contribution in [-0.2, 0) is 11.2 Å². The number of amides is 3. The molecule has 4 heterocycles. The maximum absolute atomic E-state index is 13.6. The van der Waals surface area contributed by atoms with Crippen LogP contribution < -0.4 is 20.3 Å². The number of nitrogens with zero attached hydrogens (tertiary/aromatic N) is 5. The Balaban J connectivity index is 1.49. The molecule has 0 radical (unpaired) electrons. The molecule has 1 fully saturated rings. The zero-order valence-electron chi connectivity index (χ0n) is 18.7. The van der Waals surface area contributed by atoms with Gasteiger partial charge in [0.25, 0.3) is 11.8 Å². The fourth-order valence-electron chi connectivity index (χ4n) is 4.46. The summed E-state index contributed by atoms with van der Waals surface area (Å²) in [6.45, 7) is 0.998. The van der Waals surface area contributed by atoms with E-state index in [0.717, 1.165) is 18.5 Å². The number of hydrogen-bond acceptors (Lipinski definition) is 6. The molecule has 2 aromatic heterocycles. The van der Waals surface area contributed by atoms with Gasteiger partial charge in [0.05, 0.1) is 24.7 Å². The average molecular weight is 460 g/mol. The summed E-state index contributed by atoms with van der Waals surface area (Å²) in [6.07, 6.45) is 4.42. The predicted octanol–water partition coefficient (Wildman–Crippen LogP) is 2.09. The van der Waals surface area contributed by atoms with Crippen LogP contribution in [0.3, 0.4) is 0 Å². The highest BCUT2D eigenvalue weighted by atomic mass is 16.5. The van der Waals surface area contributed by atoms with E-state index in [9.17, 15) is 14.4 Å². The summed E-state index contributed by atoms with van der Waals surface area (Å²) in [5, 5.41) is 4.37. The zero-order chi connectivity index (χ0) is 23.8. The molecule has 34 heavy (non-hydrogen) atoms. The van der Waals surface area contributed by atoms with Crippen molar-refractivity contribution in [1.82, 2.24) is 14.8 Å². The lowest BCUT2D eigenvalue weighted by Crippen LogP contribution is -2.40. The molecule has 0 saturated carbocycles. The number of piperidine rings is 1. The van der Waals surface area contributed by atoms with Crippen molar-refractivity contribution < 1.29 is 19.1 Å². The van der Waals surface area contributed by atoms with Crippen molar-refractivity contribution in [3.63, 3.8) is 0 Å². The van der Waals surface area contributed by atoms with Crippen molar-refractivity contribution in [3.05, 3.63) is 59.5 Å². The standard InChI is InChI=1S/C24H24N6O4/c1-34-17-8-5-15(6-9-17)30-22-18(21(27-30)23(25)32)11-13-29(24(22)33)19-10-7-16(14-26-19)28-12-3-2-4-20(28)31/h5-10,14H,2-4,11-13H2,1H3,(H2,25,32). The zero-order valence-corrected chi connectivity index (χ0v) is 18.7. The van der Waals surface area contributed by atoms with Gasteiger partial charge in [0.1, 0.15) is 17.3 Å². The lowest BCUT2D eigenvalue weighted by Gasteiger charge is -2.29. The molecule has 0 unspecified atom stereocenters. The van der Waals surface area contributed by atoms with Crippen LogP contribution >= 0.6 is 0 Å². The molecule has 5 rings (SSSR count). The second kappa shape index (κ2) is 8.62. The monoisotopic (exact) mass is 460 g/mol. The molecule has 0 bridgehead atoms. The number of carbonyl (C=O) groups is 3. The molecule has 1 saturated heterocycles. The number of fused-ring (bicyclic) bond motifs is 1. The van der Waals surface area contributed by atoms with Gasteiger partial charge in [-0.2, -0.15) is 5.10 Å². The molecule has 2 aliphatic rings. The minimum Gasteiger partial charge on any atom is -0.497 e. The first-order valence-corrected chi connectivity index (χ1v) is 11.1. The summed E-state index contributed by atoms with van der Waals surface area (Å²) >= 11 is 0. The Morgan fingerprint density at radius 1 is 0.971 bits per heavy atom. The molecule has 1 aromatic carbocycles. The van der Waals surface area contributed by atoms with Crippen LogP contribution in [0.2, 0.25) is 0 Å². The SMILES string of the molecule is COc1ccc(-n2nc(C(N)=O)c3c2C(=O)N(c2ccc(N4CCCCC4=O)cn2)CC3)cc1. The van der Waals surface area contributed by atoms with Crippen LogP contribution in [0, 0.1) is 0 Å². The van der Waals surface area contributed by atoms with Gasteiger partial charge in [0.15, 0.2) is 5.69 Å². The van der Waals surface area contributed by atoms with Crippen molar-refractivity contribution in [2.75, 3.05) is 30.0 Å². The number of benzene rings is 1. The van der Waals surface area contributed by atoms with Crippen molar-refractivity contribution >= 4 is 29.2 Å². The summed E-state index contributed by atoms with van der Waals surface area (Å²) in [4.78, 5) is 45.6. The molecule has 2 N–H and O–H groups in total. The van der Waals surface area contributed by atoms with E-state index in [0.29, 0.717) is 48.7 Å². The third-order valence-corrected chi connectivity index (χ3v) is 6.21. The summed E-state index contributed by atoms with van der Waals surface area (Å²) < 4.78 is 6.65. The molecular weight excluding hydrogens is 436 g/mol. The van der Waals surface area contributed by atoms with Crippen molar-refractivity contribution in [2.45, 2.75) is 25.7 Å². The van der Waals surface area contributed by atoms with Gasteiger partial charge >= 0.3 is 0 Å². The molecule has 10 nitrogen and oxygen atoms in total. The van der Waals surface area contributed by atoms with Gasteiger partial charge < -0.3 is 15.4 Å². The number of aromatic nitrogens is 3. The third-order valence-electron chi connectivity index (χ3n) is 6.21. The number of hydrogen-bond donors (Lipinski definition) is 1. The topological polar surface area (TPSA) is 124 Å². The number of anilines is 2. The highest BCUT2D eigenvalue weighted by molar-refractivity contribution is 6.09. The number of ether oxygens (including phenoxy) is 1. The number of rotatable bonds is 5. The molecule has 2 aliphatic heterocycles.